The van der Waals surface area contributed by atoms with E-state index in [1.165, 1.54) is 23.9 Å². The minimum absolute atomic E-state index is 0.153. The van der Waals surface area contributed by atoms with Crippen LogP contribution in [0.2, 0.25) is 0 Å². The number of carbonyl (C=O) groups excluding carboxylic acids is 1. The average Bonchev–Trinajstić information content (AvgIpc) is 2.53. The van der Waals surface area contributed by atoms with Crippen LogP contribution in [-0.4, -0.2) is 22.0 Å². The molecular weight excluding hydrogens is 280 g/mol. The first kappa shape index (κ1) is 15.7. The maximum absolute atomic E-state index is 12.1. The van der Waals surface area contributed by atoms with Crippen LogP contribution in [0.15, 0.2) is 42.6 Å². The number of nitrogens with one attached hydrogen (secondary N) is 1. The average molecular weight is 298 g/mol. The molecule has 0 spiro atoms. The lowest BCUT2D eigenvalue weighted by atomic mass is 10.0. The number of hydrogen-bond donors (Lipinski definition) is 2. The molecule has 0 aliphatic rings. The van der Waals surface area contributed by atoms with Gasteiger partial charge < -0.3 is 10.4 Å². The van der Waals surface area contributed by atoms with Crippen molar-refractivity contribution in [3.8, 4) is 0 Å². The summed E-state index contributed by atoms with van der Waals surface area (Å²) < 4.78 is 0. The number of aromatic nitrogens is 1. The first-order valence-electron chi connectivity index (χ1n) is 7.03. The lowest BCUT2D eigenvalue weighted by Crippen LogP contribution is -2.23. The van der Waals surface area contributed by atoms with Crippen LogP contribution in [-0.2, 0) is 6.54 Å². The van der Waals surface area contributed by atoms with Crippen LogP contribution in [0.1, 0.15) is 51.7 Å². The van der Waals surface area contributed by atoms with Crippen molar-refractivity contribution in [2.24, 2.45) is 0 Å². The predicted molar refractivity (Wildman–Crippen MR) is 82.9 cm³/mol. The zero-order valence-electron chi connectivity index (χ0n) is 12.5. The molecule has 1 aromatic heterocycles. The van der Waals surface area contributed by atoms with Gasteiger partial charge in [0.15, 0.2) is 0 Å². The number of nitrogens with zero attached hydrogens (tertiary/aromatic N) is 1. The maximum atomic E-state index is 12.1. The Balaban J connectivity index is 2.00. The van der Waals surface area contributed by atoms with Gasteiger partial charge in [0.05, 0.1) is 17.8 Å². The number of carboxylic acids is 1. The summed E-state index contributed by atoms with van der Waals surface area (Å²) in [4.78, 5) is 27.0. The zero-order chi connectivity index (χ0) is 16.1. The first-order valence-corrected chi connectivity index (χ1v) is 7.03. The molecule has 1 heterocycles. The van der Waals surface area contributed by atoms with Crippen molar-refractivity contribution in [3.05, 3.63) is 65.0 Å². The van der Waals surface area contributed by atoms with E-state index in [1.54, 1.807) is 12.1 Å². The normalized spacial score (nSPS) is 10.5. The Morgan fingerprint density at radius 3 is 2.41 bits per heavy atom. The molecule has 2 aromatic rings. The number of rotatable bonds is 5. The molecule has 2 rings (SSSR count). The fraction of sp³-hybridized carbons (Fsp3) is 0.235. The van der Waals surface area contributed by atoms with E-state index in [4.69, 9.17) is 5.11 Å². The molecule has 0 unspecified atom stereocenters. The maximum Gasteiger partial charge on any atom is 0.335 e. The van der Waals surface area contributed by atoms with E-state index in [0.717, 1.165) is 0 Å². The molecule has 0 fully saturated rings. The van der Waals surface area contributed by atoms with Gasteiger partial charge in [-0.1, -0.05) is 26.0 Å². The fourth-order valence-corrected chi connectivity index (χ4v) is 2.00. The van der Waals surface area contributed by atoms with Gasteiger partial charge in [0.25, 0.3) is 5.91 Å². The van der Waals surface area contributed by atoms with Crippen molar-refractivity contribution in [1.29, 1.82) is 0 Å². The quantitative estimate of drug-likeness (QED) is 0.889. The Hall–Kier alpha value is -2.69. The number of pyridine rings is 1. The van der Waals surface area contributed by atoms with Crippen LogP contribution < -0.4 is 5.32 Å². The zero-order valence-corrected chi connectivity index (χ0v) is 12.5. The summed E-state index contributed by atoms with van der Waals surface area (Å²) in [6.45, 7) is 4.37. The Kier molecular flexibility index (Phi) is 4.88. The van der Waals surface area contributed by atoms with E-state index in [9.17, 15) is 9.59 Å². The van der Waals surface area contributed by atoms with E-state index < -0.39 is 5.97 Å². The third-order valence-corrected chi connectivity index (χ3v) is 3.33. The number of carboxylic acid groups (broad SMARTS) is 1. The second-order valence-electron chi connectivity index (χ2n) is 5.30. The highest BCUT2D eigenvalue weighted by atomic mass is 16.4. The lowest BCUT2D eigenvalue weighted by molar-refractivity contribution is 0.0696. The van der Waals surface area contributed by atoms with E-state index in [0.29, 0.717) is 17.2 Å². The Morgan fingerprint density at radius 2 is 1.82 bits per heavy atom. The molecule has 0 aliphatic heterocycles. The molecule has 1 amide bonds. The van der Waals surface area contributed by atoms with Crippen LogP contribution in [0.25, 0.3) is 0 Å². The molecule has 114 valence electrons. The number of hydrogen-bond acceptors (Lipinski definition) is 3. The van der Waals surface area contributed by atoms with Crippen molar-refractivity contribution in [2.75, 3.05) is 0 Å². The molecule has 0 radical (unpaired) electrons. The van der Waals surface area contributed by atoms with Crippen molar-refractivity contribution < 1.29 is 14.7 Å². The Labute approximate surface area is 129 Å². The highest BCUT2D eigenvalue weighted by molar-refractivity contribution is 5.94. The molecule has 0 aliphatic carbocycles. The molecular formula is C17H18N2O3. The number of benzene rings is 1. The molecule has 0 atom stereocenters. The SMILES string of the molecule is CC(C)c1ccc(C(=O)NCc2cc(C(=O)O)ccn2)cc1. The Bertz CT molecular complexity index is 679. The highest BCUT2D eigenvalue weighted by Crippen LogP contribution is 2.14. The summed E-state index contributed by atoms with van der Waals surface area (Å²) in [7, 11) is 0. The Morgan fingerprint density at radius 1 is 1.14 bits per heavy atom. The van der Waals surface area contributed by atoms with Gasteiger partial charge in [-0.2, -0.15) is 0 Å². The molecule has 0 saturated heterocycles. The van der Waals surface area contributed by atoms with Gasteiger partial charge in [-0.3, -0.25) is 9.78 Å². The molecule has 5 nitrogen and oxygen atoms in total. The lowest BCUT2D eigenvalue weighted by Gasteiger charge is -2.08. The number of carbonyl (C=O) groups is 2. The molecule has 0 saturated carbocycles. The summed E-state index contributed by atoms with van der Waals surface area (Å²) in [5.41, 5.74) is 2.40. The van der Waals surface area contributed by atoms with Crippen molar-refractivity contribution in [1.82, 2.24) is 10.3 Å². The standard InChI is InChI=1S/C17H18N2O3/c1-11(2)12-3-5-13(6-4-12)16(20)19-10-15-9-14(17(21)22)7-8-18-15/h3-9,11H,10H2,1-2H3,(H,19,20)(H,21,22). The smallest absolute Gasteiger partial charge is 0.335 e. The van der Waals surface area contributed by atoms with Crippen molar-refractivity contribution in [2.45, 2.75) is 26.3 Å². The molecule has 5 heteroatoms. The van der Waals surface area contributed by atoms with E-state index in [1.807, 2.05) is 12.1 Å². The van der Waals surface area contributed by atoms with Crippen molar-refractivity contribution >= 4 is 11.9 Å². The number of amides is 1. The van der Waals surface area contributed by atoms with Crippen LogP contribution in [0, 0.1) is 0 Å². The first-order chi connectivity index (χ1) is 10.5. The van der Waals surface area contributed by atoms with Crippen LogP contribution >= 0.6 is 0 Å². The summed E-state index contributed by atoms with van der Waals surface area (Å²) in [6.07, 6.45) is 1.42. The van der Waals surface area contributed by atoms with Crippen molar-refractivity contribution in [3.63, 3.8) is 0 Å². The summed E-state index contributed by atoms with van der Waals surface area (Å²) in [6, 6.07) is 10.3. The van der Waals surface area contributed by atoms with Gasteiger partial charge in [0.2, 0.25) is 0 Å². The van der Waals surface area contributed by atoms with Gasteiger partial charge >= 0.3 is 5.97 Å². The minimum Gasteiger partial charge on any atom is -0.478 e. The van der Waals surface area contributed by atoms with Gasteiger partial charge in [0, 0.05) is 11.8 Å². The summed E-state index contributed by atoms with van der Waals surface area (Å²) in [5, 5.41) is 11.7. The predicted octanol–water partition coefficient (Wildman–Crippen LogP) is 2.83. The largest absolute Gasteiger partial charge is 0.478 e. The second kappa shape index (κ2) is 6.85. The molecule has 22 heavy (non-hydrogen) atoms. The fourth-order valence-electron chi connectivity index (χ4n) is 2.00. The third-order valence-electron chi connectivity index (χ3n) is 3.33. The van der Waals surface area contributed by atoms with E-state index >= 15 is 0 Å². The van der Waals surface area contributed by atoms with Crippen LogP contribution in [0.3, 0.4) is 0 Å². The second-order valence-corrected chi connectivity index (χ2v) is 5.30. The van der Waals surface area contributed by atoms with Crippen LogP contribution in [0.5, 0.6) is 0 Å². The number of aromatic carboxylic acids is 1. The van der Waals surface area contributed by atoms with Gasteiger partial charge in [0.1, 0.15) is 0 Å². The summed E-state index contributed by atoms with van der Waals surface area (Å²) in [5.74, 6) is -0.808. The van der Waals surface area contributed by atoms with Crippen LogP contribution in [0.4, 0.5) is 0 Å². The molecule has 1 aromatic carbocycles. The minimum atomic E-state index is -1.01. The monoisotopic (exact) mass is 298 g/mol. The molecule has 0 bridgehead atoms. The third kappa shape index (κ3) is 3.91. The molecule has 2 N–H and O–H groups in total. The van der Waals surface area contributed by atoms with E-state index in [-0.39, 0.29) is 18.0 Å². The van der Waals surface area contributed by atoms with Gasteiger partial charge in [-0.05, 0) is 35.7 Å². The van der Waals surface area contributed by atoms with Gasteiger partial charge in [-0.15, -0.1) is 0 Å². The summed E-state index contributed by atoms with van der Waals surface area (Å²) >= 11 is 0. The van der Waals surface area contributed by atoms with E-state index in [2.05, 4.69) is 24.1 Å². The topological polar surface area (TPSA) is 79.3 Å². The highest BCUT2D eigenvalue weighted by Gasteiger charge is 2.08. The van der Waals surface area contributed by atoms with Gasteiger partial charge in [-0.25, -0.2) is 4.79 Å².